The number of carboxylic acids is 1. The number of carboxylic acid groups (broad SMARTS) is 1. The lowest BCUT2D eigenvalue weighted by atomic mass is 10.0. The van der Waals surface area contributed by atoms with Crippen LogP contribution in [0.1, 0.15) is 40.4 Å². The summed E-state index contributed by atoms with van der Waals surface area (Å²) in [6.45, 7) is 5.51. The van der Waals surface area contributed by atoms with Crippen LogP contribution < -0.4 is 10.2 Å². The van der Waals surface area contributed by atoms with Crippen LogP contribution in [0.3, 0.4) is 0 Å². The lowest BCUT2D eigenvalue weighted by molar-refractivity contribution is -0.115. The topological polar surface area (TPSA) is 82.5 Å². The van der Waals surface area contributed by atoms with Crippen molar-refractivity contribution in [3.63, 3.8) is 0 Å². The van der Waals surface area contributed by atoms with Crippen LogP contribution in [0, 0.1) is 6.92 Å². The summed E-state index contributed by atoms with van der Waals surface area (Å²) >= 11 is 0. The Morgan fingerprint density at radius 1 is 0.892 bits per heavy atom. The van der Waals surface area contributed by atoms with E-state index in [1.54, 1.807) is 30.3 Å². The summed E-state index contributed by atoms with van der Waals surface area (Å²) < 4.78 is 0. The molecule has 0 bridgehead atoms. The fourth-order valence-corrected chi connectivity index (χ4v) is 4.23. The number of hydrogen-bond acceptors (Lipinski definition) is 4. The molecule has 6 nitrogen and oxygen atoms in total. The molecule has 0 fully saturated rings. The van der Waals surface area contributed by atoms with Gasteiger partial charge >= 0.3 is 5.97 Å². The lowest BCUT2D eigenvalue weighted by Gasteiger charge is -2.25. The highest BCUT2D eigenvalue weighted by molar-refractivity contribution is 5.97. The Kier molecular flexibility index (Phi) is 8.31. The van der Waals surface area contributed by atoms with Crippen LogP contribution in [0.4, 0.5) is 11.5 Å². The van der Waals surface area contributed by atoms with E-state index < -0.39 is 5.97 Å². The minimum atomic E-state index is -1.03. The molecule has 0 spiro atoms. The Hall–Kier alpha value is -4.45. The fraction of sp³-hybridized carbons (Fsp3) is 0.194. The van der Waals surface area contributed by atoms with E-state index in [2.05, 4.69) is 29.3 Å². The quantitative estimate of drug-likeness (QED) is 0.269. The van der Waals surface area contributed by atoms with Gasteiger partial charge in [0.05, 0.1) is 17.7 Å². The summed E-state index contributed by atoms with van der Waals surface area (Å²) in [6.07, 6.45) is 1.14. The summed E-state index contributed by atoms with van der Waals surface area (Å²) in [5, 5.41) is 12.8. The van der Waals surface area contributed by atoms with Crippen LogP contribution in [0.25, 0.3) is 11.3 Å². The van der Waals surface area contributed by atoms with E-state index in [0.717, 1.165) is 29.7 Å². The Bertz CT molecular complexity index is 1370. The van der Waals surface area contributed by atoms with Gasteiger partial charge in [-0.15, -0.1) is 0 Å². The number of aromatic carboxylic acids is 1. The van der Waals surface area contributed by atoms with Crippen molar-refractivity contribution in [3.8, 4) is 11.3 Å². The van der Waals surface area contributed by atoms with Gasteiger partial charge in [-0.05, 0) is 36.6 Å². The normalized spacial score (nSPS) is 10.6. The molecule has 188 valence electrons. The van der Waals surface area contributed by atoms with Gasteiger partial charge in [0, 0.05) is 30.4 Å². The predicted molar refractivity (Wildman–Crippen MR) is 148 cm³/mol. The van der Waals surface area contributed by atoms with Crippen molar-refractivity contribution in [3.05, 3.63) is 113 Å². The molecule has 4 aromatic rings. The van der Waals surface area contributed by atoms with E-state index in [1.165, 1.54) is 0 Å². The van der Waals surface area contributed by atoms with E-state index in [4.69, 9.17) is 4.98 Å². The lowest BCUT2D eigenvalue weighted by Crippen LogP contribution is -2.25. The molecular formula is C31H31N3O3. The van der Waals surface area contributed by atoms with Gasteiger partial charge in [0.2, 0.25) is 5.91 Å². The molecule has 0 saturated heterocycles. The minimum Gasteiger partial charge on any atom is -0.478 e. The van der Waals surface area contributed by atoms with Crippen LogP contribution in [0.5, 0.6) is 0 Å². The summed E-state index contributed by atoms with van der Waals surface area (Å²) in [5.74, 6) is -0.500. The Balaban J connectivity index is 1.72. The van der Waals surface area contributed by atoms with Gasteiger partial charge in [-0.3, -0.25) is 4.79 Å². The SMILES string of the molecule is CCCN(Cc1ccccc1)c1cc(NC(=O)Cc2ccc(C)cc2)cc(-c2ccccc2C(=O)O)n1. The first-order valence-electron chi connectivity index (χ1n) is 12.4. The zero-order valence-electron chi connectivity index (χ0n) is 21.1. The number of benzene rings is 3. The van der Waals surface area contributed by atoms with E-state index >= 15 is 0 Å². The second-order valence-electron chi connectivity index (χ2n) is 9.07. The van der Waals surface area contributed by atoms with Crippen molar-refractivity contribution in [2.45, 2.75) is 33.2 Å². The highest BCUT2D eigenvalue weighted by Gasteiger charge is 2.17. The summed E-state index contributed by atoms with van der Waals surface area (Å²) in [6, 6.07) is 28.4. The number of nitrogens with one attached hydrogen (secondary N) is 1. The van der Waals surface area contributed by atoms with Crippen molar-refractivity contribution in [2.24, 2.45) is 0 Å². The second-order valence-corrected chi connectivity index (χ2v) is 9.07. The van der Waals surface area contributed by atoms with Gasteiger partial charge in [0.15, 0.2) is 0 Å². The fourth-order valence-electron chi connectivity index (χ4n) is 4.23. The van der Waals surface area contributed by atoms with E-state index in [1.807, 2.05) is 55.5 Å². The Labute approximate surface area is 217 Å². The zero-order chi connectivity index (χ0) is 26.2. The van der Waals surface area contributed by atoms with Gasteiger partial charge in [-0.2, -0.15) is 0 Å². The molecule has 0 aliphatic rings. The maximum Gasteiger partial charge on any atom is 0.336 e. The van der Waals surface area contributed by atoms with Crippen LogP contribution >= 0.6 is 0 Å². The Morgan fingerprint density at radius 3 is 2.30 bits per heavy atom. The van der Waals surface area contributed by atoms with Gasteiger partial charge in [-0.25, -0.2) is 9.78 Å². The van der Waals surface area contributed by atoms with Crippen molar-refractivity contribution in [1.82, 2.24) is 4.98 Å². The first-order valence-corrected chi connectivity index (χ1v) is 12.4. The zero-order valence-corrected chi connectivity index (χ0v) is 21.1. The molecule has 0 unspecified atom stereocenters. The third-order valence-electron chi connectivity index (χ3n) is 6.05. The number of amides is 1. The summed E-state index contributed by atoms with van der Waals surface area (Å²) in [7, 11) is 0. The molecule has 0 atom stereocenters. The molecule has 1 aromatic heterocycles. The highest BCUT2D eigenvalue weighted by atomic mass is 16.4. The number of aromatic nitrogens is 1. The molecule has 37 heavy (non-hydrogen) atoms. The van der Waals surface area contributed by atoms with E-state index in [0.29, 0.717) is 29.3 Å². The highest BCUT2D eigenvalue weighted by Crippen LogP contribution is 2.29. The molecule has 0 radical (unpaired) electrons. The predicted octanol–water partition coefficient (Wildman–Crippen LogP) is 6.35. The standard InChI is InChI=1S/C31H31N3O3/c1-3-17-34(21-24-9-5-4-6-10-24)29-20-25(32-30(35)18-23-15-13-22(2)14-16-23)19-28(33-29)26-11-7-8-12-27(26)31(36)37/h4-16,19-20H,3,17-18,21H2,1-2H3,(H,36,37)(H,32,33,35). The number of carbonyl (C=O) groups excluding carboxylic acids is 1. The first-order chi connectivity index (χ1) is 17.9. The average molecular weight is 494 g/mol. The van der Waals surface area contributed by atoms with Crippen LogP contribution in [0.15, 0.2) is 91.0 Å². The van der Waals surface area contributed by atoms with Crippen molar-refractivity contribution in [1.29, 1.82) is 0 Å². The molecular weight excluding hydrogens is 462 g/mol. The number of aryl methyl sites for hydroxylation is 1. The largest absolute Gasteiger partial charge is 0.478 e. The monoisotopic (exact) mass is 493 g/mol. The van der Waals surface area contributed by atoms with Crippen LogP contribution in [-0.2, 0) is 17.8 Å². The maximum absolute atomic E-state index is 12.9. The number of rotatable bonds is 10. The minimum absolute atomic E-state index is 0.149. The third kappa shape index (κ3) is 6.82. The molecule has 0 aliphatic heterocycles. The molecule has 0 aliphatic carbocycles. The number of hydrogen-bond donors (Lipinski definition) is 2. The summed E-state index contributed by atoms with van der Waals surface area (Å²) in [4.78, 5) is 31.9. The van der Waals surface area contributed by atoms with Gasteiger partial charge in [0.25, 0.3) is 0 Å². The molecule has 1 amide bonds. The van der Waals surface area contributed by atoms with Crippen molar-refractivity contribution in [2.75, 3.05) is 16.8 Å². The molecule has 2 N–H and O–H groups in total. The van der Waals surface area contributed by atoms with Gasteiger partial charge in [0.1, 0.15) is 5.82 Å². The molecule has 1 heterocycles. The summed E-state index contributed by atoms with van der Waals surface area (Å²) in [5.41, 5.74) is 4.93. The molecule has 6 heteroatoms. The van der Waals surface area contributed by atoms with Gasteiger partial charge in [-0.1, -0.05) is 85.3 Å². The average Bonchev–Trinajstić information content (AvgIpc) is 2.90. The number of pyridine rings is 1. The smallest absolute Gasteiger partial charge is 0.336 e. The molecule has 0 saturated carbocycles. The number of anilines is 2. The van der Waals surface area contributed by atoms with Crippen LogP contribution in [-0.4, -0.2) is 28.5 Å². The number of carbonyl (C=O) groups is 2. The van der Waals surface area contributed by atoms with Crippen molar-refractivity contribution < 1.29 is 14.7 Å². The van der Waals surface area contributed by atoms with Crippen LogP contribution in [0.2, 0.25) is 0 Å². The van der Waals surface area contributed by atoms with E-state index in [-0.39, 0.29) is 17.9 Å². The second kappa shape index (κ2) is 12.0. The maximum atomic E-state index is 12.9. The molecule has 4 rings (SSSR count). The Morgan fingerprint density at radius 2 is 1.59 bits per heavy atom. The third-order valence-corrected chi connectivity index (χ3v) is 6.05. The number of nitrogens with zero attached hydrogens (tertiary/aromatic N) is 2. The first kappa shape index (κ1) is 25.6. The van der Waals surface area contributed by atoms with E-state index in [9.17, 15) is 14.7 Å². The van der Waals surface area contributed by atoms with Crippen molar-refractivity contribution >= 4 is 23.4 Å². The van der Waals surface area contributed by atoms with Gasteiger partial charge < -0.3 is 15.3 Å². The molecule has 3 aromatic carbocycles.